The average molecular weight is 251 g/mol. The number of hydrogen-bond acceptors (Lipinski definition) is 3. The molecule has 0 saturated carbocycles. The molecule has 0 heterocycles. The highest BCUT2D eigenvalue weighted by molar-refractivity contribution is 5.51. The molecular weight excluding hydrogens is 226 g/mol. The van der Waals surface area contributed by atoms with Gasteiger partial charge >= 0.3 is 0 Å². The van der Waals surface area contributed by atoms with Gasteiger partial charge in [0.15, 0.2) is 0 Å². The largest absolute Gasteiger partial charge is 0.491 e. The molecule has 3 nitrogen and oxygen atoms in total. The maximum atomic E-state index is 5.78. The normalized spacial score (nSPS) is 12.7. The lowest BCUT2D eigenvalue weighted by atomic mass is 10.1. The molecule has 0 spiro atoms. The summed E-state index contributed by atoms with van der Waals surface area (Å²) < 4.78 is 11.3. The Hall–Kier alpha value is -1.22. The first-order valence-corrected chi connectivity index (χ1v) is 6.68. The Morgan fingerprint density at radius 2 is 1.83 bits per heavy atom. The second-order valence-electron chi connectivity index (χ2n) is 5.05. The minimum absolute atomic E-state index is 0.326. The van der Waals surface area contributed by atoms with Gasteiger partial charge in [0.2, 0.25) is 0 Å². The fourth-order valence-corrected chi connectivity index (χ4v) is 1.87. The van der Waals surface area contributed by atoms with Gasteiger partial charge in [0.1, 0.15) is 5.75 Å². The topological polar surface area (TPSA) is 44.5 Å². The van der Waals surface area contributed by atoms with E-state index in [1.807, 2.05) is 24.3 Å². The summed E-state index contributed by atoms with van der Waals surface area (Å²) in [5.74, 6) is 1.44. The van der Waals surface area contributed by atoms with Crippen molar-refractivity contribution in [2.24, 2.45) is 5.92 Å². The van der Waals surface area contributed by atoms with E-state index in [9.17, 15) is 0 Å². The van der Waals surface area contributed by atoms with Crippen LogP contribution in [0.3, 0.4) is 0 Å². The molecule has 0 aromatic heterocycles. The maximum Gasteiger partial charge on any atom is 0.142 e. The van der Waals surface area contributed by atoms with Crippen LogP contribution in [-0.2, 0) is 4.74 Å². The SMILES string of the molecule is CC(C)CC(C)OCCCOc1ccccc1N. The molecule has 102 valence electrons. The second-order valence-corrected chi connectivity index (χ2v) is 5.05. The van der Waals surface area contributed by atoms with E-state index >= 15 is 0 Å². The van der Waals surface area contributed by atoms with E-state index in [1.165, 1.54) is 0 Å². The van der Waals surface area contributed by atoms with Gasteiger partial charge in [-0.25, -0.2) is 0 Å². The molecule has 0 saturated heterocycles. The summed E-state index contributed by atoms with van der Waals surface area (Å²) >= 11 is 0. The number of hydrogen-bond donors (Lipinski definition) is 1. The van der Waals surface area contributed by atoms with Crippen LogP contribution in [0.4, 0.5) is 5.69 Å². The van der Waals surface area contributed by atoms with Crippen LogP contribution in [0.2, 0.25) is 0 Å². The van der Waals surface area contributed by atoms with Crippen LogP contribution in [0.25, 0.3) is 0 Å². The Bertz CT molecular complexity index is 339. The van der Waals surface area contributed by atoms with Crippen molar-refractivity contribution in [2.75, 3.05) is 18.9 Å². The van der Waals surface area contributed by atoms with Crippen molar-refractivity contribution in [3.05, 3.63) is 24.3 Å². The summed E-state index contributed by atoms with van der Waals surface area (Å²) in [7, 11) is 0. The van der Waals surface area contributed by atoms with Gasteiger partial charge in [-0.15, -0.1) is 0 Å². The third kappa shape index (κ3) is 5.92. The summed E-state index contributed by atoms with van der Waals surface area (Å²) in [6, 6.07) is 7.56. The maximum absolute atomic E-state index is 5.78. The van der Waals surface area contributed by atoms with E-state index in [0.29, 0.717) is 24.3 Å². The van der Waals surface area contributed by atoms with E-state index < -0.39 is 0 Å². The van der Waals surface area contributed by atoms with E-state index in [0.717, 1.165) is 25.2 Å². The van der Waals surface area contributed by atoms with Crippen LogP contribution in [0.15, 0.2) is 24.3 Å². The molecular formula is C15H25NO2. The zero-order valence-electron chi connectivity index (χ0n) is 11.7. The Morgan fingerprint density at radius 3 is 2.50 bits per heavy atom. The molecule has 1 aromatic carbocycles. The molecule has 2 N–H and O–H groups in total. The predicted molar refractivity (Wildman–Crippen MR) is 75.8 cm³/mol. The number of nitrogen functional groups attached to an aromatic ring is 1. The Balaban J connectivity index is 2.11. The molecule has 18 heavy (non-hydrogen) atoms. The highest BCUT2D eigenvalue weighted by atomic mass is 16.5. The molecule has 1 unspecified atom stereocenters. The van der Waals surface area contributed by atoms with E-state index in [-0.39, 0.29) is 0 Å². The molecule has 1 rings (SSSR count). The van der Waals surface area contributed by atoms with Crippen LogP contribution in [0.5, 0.6) is 5.75 Å². The molecule has 0 fully saturated rings. The molecule has 0 aliphatic carbocycles. The Kier molecular flexibility index (Phi) is 6.58. The minimum Gasteiger partial charge on any atom is -0.491 e. The van der Waals surface area contributed by atoms with Gasteiger partial charge in [0.25, 0.3) is 0 Å². The number of benzene rings is 1. The molecule has 0 radical (unpaired) electrons. The van der Waals surface area contributed by atoms with Crippen LogP contribution in [0, 0.1) is 5.92 Å². The lowest BCUT2D eigenvalue weighted by molar-refractivity contribution is 0.0448. The summed E-state index contributed by atoms with van der Waals surface area (Å²) in [6.07, 6.45) is 2.32. The van der Waals surface area contributed by atoms with Crippen LogP contribution >= 0.6 is 0 Å². The fourth-order valence-electron chi connectivity index (χ4n) is 1.87. The van der Waals surface area contributed by atoms with Gasteiger partial charge in [0.05, 0.1) is 25.0 Å². The van der Waals surface area contributed by atoms with Crippen molar-refractivity contribution in [3.63, 3.8) is 0 Å². The van der Waals surface area contributed by atoms with E-state index in [1.54, 1.807) is 0 Å². The van der Waals surface area contributed by atoms with Gasteiger partial charge in [-0.05, 0) is 31.4 Å². The van der Waals surface area contributed by atoms with Gasteiger partial charge in [-0.1, -0.05) is 26.0 Å². The first-order valence-electron chi connectivity index (χ1n) is 6.68. The number of anilines is 1. The predicted octanol–water partition coefficient (Wildman–Crippen LogP) is 3.49. The summed E-state index contributed by atoms with van der Waals surface area (Å²) in [5.41, 5.74) is 6.47. The van der Waals surface area contributed by atoms with Crippen molar-refractivity contribution < 1.29 is 9.47 Å². The van der Waals surface area contributed by atoms with Gasteiger partial charge in [-0.2, -0.15) is 0 Å². The van der Waals surface area contributed by atoms with E-state index in [4.69, 9.17) is 15.2 Å². The minimum atomic E-state index is 0.326. The van der Waals surface area contributed by atoms with Crippen molar-refractivity contribution in [1.29, 1.82) is 0 Å². The average Bonchev–Trinajstić information content (AvgIpc) is 2.30. The van der Waals surface area contributed by atoms with Crippen molar-refractivity contribution in [2.45, 2.75) is 39.7 Å². The number of nitrogens with two attached hydrogens (primary N) is 1. The summed E-state index contributed by atoms with van der Waals surface area (Å²) in [4.78, 5) is 0. The Labute approximate surface area is 110 Å². The quantitative estimate of drug-likeness (QED) is 0.568. The third-order valence-electron chi connectivity index (χ3n) is 2.67. The molecule has 0 amide bonds. The monoisotopic (exact) mass is 251 g/mol. The standard InChI is InChI=1S/C15H25NO2/c1-12(2)11-13(3)17-9-6-10-18-15-8-5-4-7-14(15)16/h4-5,7-8,12-13H,6,9-11,16H2,1-3H3. The summed E-state index contributed by atoms with van der Waals surface area (Å²) in [6.45, 7) is 7.92. The highest BCUT2D eigenvalue weighted by Crippen LogP contribution is 2.19. The number of rotatable bonds is 8. The highest BCUT2D eigenvalue weighted by Gasteiger charge is 2.05. The molecule has 0 bridgehead atoms. The van der Waals surface area contributed by atoms with Gasteiger partial charge in [0, 0.05) is 6.42 Å². The van der Waals surface area contributed by atoms with Crippen LogP contribution < -0.4 is 10.5 Å². The van der Waals surface area contributed by atoms with Crippen molar-refractivity contribution in [1.82, 2.24) is 0 Å². The van der Waals surface area contributed by atoms with Crippen molar-refractivity contribution in [3.8, 4) is 5.75 Å². The van der Waals surface area contributed by atoms with Crippen LogP contribution in [-0.4, -0.2) is 19.3 Å². The first kappa shape index (κ1) is 14.8. The first-order chi connectivity index (χ1) is 8.59. The third-order valence-corrected chi connectivity index (χ3v) is 2.67. The number of para-hydroxylation sites is 2. The number of ether oxygens (including phenoxy) is 2. The lowest BCUT2D eigenvalue weighted by Gasteiger charge is -2.15. The Morgan fingerprint density at radius 1 is 1.11 bits per heavy atom. The second kappa shape index (κ2) is 7.98. The molecule has 1 atom stereocenters. The zero-order chi connectivity index (χ0) is 13.4. The zero-order valence-corrected chi connectivity index (χ0v) is 11.7. The van der Waals surface area contributed by atoms with Crippen molar-refractivity contribution >= 4 is 5.69 Å². The fraction of sp³-hybridized carbons (Fsp3) is 0.600. The van der Waals surface area contributed by atoms with Crippen LogP contribution in [0.1, 0.15) is 33.6 Å². The van der Waals surface area contributed by atoms with E-state index in [2.05, 4.69) is 20.8 Å². The summed E-state index contributed by atoms with van der Waals surface area (Å²) in [5, 5.41) is 0. The molecule has 1 aromatic rings. The van der Waals surface area contributed by atoms with Gasteiger partial charge < -0.3 is 15.2 Å². The molecule has 0 aliphatic rings. The molecule has 3 heteroatoms. The lowest BCUT2D eigenvalue weighted by Crippen LogP contribution is -2.13. The van der Waals surface area contributed by atoms with Gasteiger partial charge in [-0.3, -0.25) is 0 Å². The molecule has 0 aliphatic heterocycles. The smallest absolute Gasteiger partial charge is 0.142 e.